The lowest BCUT2D eigenvalue weighted by molar-refractivity contribution is 0.0596. The minimum absolute atomic E-state index is 0.180. The van der Waals surface area contributed by atoms with Crippen LogP contribution in [0, 0.1) is 0 Å². The van der Waals surface area contributed by atoms with Gasteiger partial charge in [-0.2, -0.15) is 0 Å². The average molecular weight is 345 g/mol. The number of benzene rings is 2. The summed E-state index contributed by atoms with van der Waals surface area (Å²) in [4.78, 5) is 25.8. The number of ether oxygens (including phenoxy) is 2. The topological polar surface area (TPSA) is 55.8 Å². The molecule has 0 bridgehead atoms. The van der Waals surface area contributed by atoms with E-state index in [0.717, 1.165) is 17.3 Å². The fraction of sp³-hybridized carbons (Fsp3) is 0.222. The van der Waals surface area contributed by atoms with Gasteiger partial charge in [0.15, 0.2) is 0 Å². The van der Waals surface area contributed by atoms with Gasteiger partial charge in [0.05, 0.1) is 12.7 Å². The van der Waals surface area contributed by atoms with Gasteiger partial charge in [0.25, 0.3) is 5.24 Å². The van der Waals surface area contributed by atoms with Crippen LogP contribution >= 0.6 is 11.8 Å². The number of hydrogen-bond acceptors (Lipinski definition) is 5. The van der Waals surface area contributed by atoms with E-state index in [-0.39, 0.29) is 5.24 Å². The summed E-state index contributed by atoms with van der Waals surface area (Å²) in [7, 11) is 4.62. The predicted molar refractivity (Wildman–Crippen MR) is 93.5 cm³/mol. The van der Waals surface area contributed by atoms with Crippen LogP contribution in [0.2, 0.25) is 0 Å². The SMILES string of the molecule is COC(=O)c1ccc(OCc2ccccc2)cc1SC(=O)N(C)C. The summed E-state index contributed by atoms with van der Waals surface area (Å²) in [6.45, 7) is 0.407. The molecule has 2 aromatic carbocycles. The van der Waals surface area contributed by atoms with Gasteiger partial charge in [0.2, 0.25) is 0 Å². The molecule has 0 saturated carbocycles. The van der Waals surface area contributed by atoms with Crippen LogP contribution in [0.3, 0.4) is 0 Å². The van der Waals surface area contributed by atoms with Crippen molar-refractivity contribution in [1.82, 2.24) is 4.90 Å². The summed E-state index contributed by atoms with van der Waals surface area (Å²) in [6, 6.07) is 14.7. The Labute approximate surface area is 145 Å². The number of hydrogen-bond donors (Lipinski definition) is 0. The molecule has 5 nitrogen and oxygen atoms in total. The van der Waals surface area contributed by atoms with Crippen LogP contribution in [0.1, 0.15) is 15.9 Å². The summed E-state index contributed by atoms with van der Waals surface area (Å²) in [5.41, 5.74) is 1.37. The summed E-state index contributed by atoms with van der Waals surface area (Å²) >= 11 is 0.964. The maximum atomic E-state index is 12.0. The smallest absolute Gasteiger partial charge is 0.339 e. The molecule has 24 heavy (non-hydrogen) atoms. The molecule has 0 fully saturated rings. The molecular formula is C18H19NO4S. The third-order valence-electron chi connectivity index (χ3n) is 3.17. The second kappa shape index (κ2) is 8.40. The Morgan fingerprint density at radius 3 is 2.42 bits per heavy atom. The number of methoxy groups -OCH3 is 1. The van der Waals surface area contributed by atoms with Crippen molar-refractivity contribution in [3.8, 4) is 5.75 Å². The van der Waals surface area contributed by atoms with Gasteiger partial charge in [-0.3, -0.25) is 4.79 Å². The van der Waals surface area contributed by atoms with E-state index in [0.29, 0.717) is 22.8 Å². The zero-order chi connectivity index (χ0) is 17.5. The van der Waals surface area contributed by atoms with Crippen molar-refractivity contribution < 1.29 is 19.1 Å². The number of carbonyl (C=O) groups is 2. The monoisotopic (exact) mass is 345 g/mol. The van der Waals surface area contributed by atoms with E-state index in [2.05, 4.69) is 0 Å². The fourth-order valence-corrected chi connectivity index (χ4v) is 2.69. The number of carbonyl (C=O) groups excluding carboxylic acids is 2. The highest BCUT2D eigenvalue weighted by atomic mass is 32.2. The summed E-state index contributed by atoms with van der Waals surface area (Å²) < 4.78 is 10.5. The normalized spacial score (nSPS) is 10.1. The molecule has 0 spiro atoms. The Morgan fingerprint density at radius 1 is 1.08 bits per heavy atom. The van der Waals surface area contributed by atoms with Gasteiger partial charge in [-0.05, 0) is 35.5 Å². The van der Waals surface area contributed by atoms with Gasteiger partial charge < -0.3 is 14.4 Å². The summed E-state index contributed by atoms with van der Waals surface area (Å²) in [6.07, 6.45) is 0. The number of esters is 1. The van der Waals surface area contributed by atoms with Crippen molar-refractivity contribution in [2.45, 2.75) is 11.5 Å². The first-order chi connectivity index (χ1) is 11.5. The van der Waals surface area contributed by atoms with E-state index in [1.54, 1.807) is 32.3 Å². The first-order valence-corrected chi connectivity index (χ1v) is 8.11. The fourth-order valence-electron chi connectivity index (χ4n) is 1.88. The molecule has 126 valence electrons. The van der Waals surface area contributed by atoms with E-state index in [4.69, 9.17) is 9.47 Å². The first kappa shape index (κ1) is 17.9. The lowest BCUT2D eigenvalue weighted by Crippen LogP contribution is -2.16. The maximum Gasteiger partial charge on any atom is 0.339 e. The van der Waals surface area contributed by atoms with Crippen molar-refractivity contribution in [3.63, 3.8) is 0 Å². The number of rotatable bonds is 5. The molecule has 0 aliphatic rings. The standard InChI is InChI=1S/C18H19NO4S/c1-19(2)18(21)24-16-11-14(9-10-15(16)17(20)22-3)23-12-13-7-5-4-6-8-13/h4-11H,12H2,1-3H3. The van der Waals surface area contributed by atoms with Crippen molar-refractivity contribution in [2.24, 2.45) is 0 Å². The maximum absolute atomic E-state index is 12.0. The first-order valence-electron chi connectivity index (χ1n) is 7.29. The molecule has 0 aliphatic carbocycles. The van der Waals surface area contributed by atoms with Crippen molar-refractivity contribution >= 4 is 23.0 Å². The Morgan fingerprint density at radius 2 is 1.79 bits per heavy atom. The highest BCUT2D eigenvalue weighted by molar-refractivity contribution is 8.13. The van der Waals surface area contributed by atoms with Gasteiger partial charge in [-0.15, -0.1) is 0 Å². The van der Waals surface area contributed by atoms with Gasteiger partial charge >= 0.3 is 5.97 Å². The molecule has 0 N–H and O–H groups in total. The molecule has 0 saturated heterocycles. The largest absolute Gasteiger partial charge is 0.489 e. The molecule has 2 aromatic rings. The van der Waals surface area contributed by atoms with Crippen LogP contribution in [-0.2, 0) is 11.3 Å². The van der Waals surface area contributed by atoms with E-state index in [9.17, 15) is 9.59 Å². The van der Waals surface area contributed by atoms with Crippen LogP contribution in [0.25, 0.3) is 0 Å². The molecule has 6 heteroatoms. The number of thioether (sulfide) groups is 1. The molecule has 0 radical (unpaired) electrons. The summed E-state index contributed by atoms with van der Waals surface area (Å²) in [5, 5.41) is -0.180. The van der Waals surface area contributed by atoms with Crippen LogP contribution in [0.5, 0.6) is 5.75 Å². The van der Waals surface area contributed by atoms with Crippen molar-refractivity contribution in [1.29, 1.82) is 0 Å². The minimum atomic E-state index is -0.487. The molecule has 0 heterocycles. The van der Waals surface area contributed by atoms with Gasteiger partial charge in [0, 0.05) is 19.0 Å². The van der Waals surface area contributed by atoms with Gasteiger partial charge in [0.1, 0.15) is 12.4 Å². The van der Waals surface area contributed by atoms with Crippen LogP contribution in [0.4, 0.5) is 4.79 Å². The number of nitrogens with zero attached hydrogens (tertiary/aromatic N) is 1. The molecule has 0 atom stereocenters. The third-order valence-corrected chi connectivity index (χ3v) is 4.27. The minimum Gasteiger partial charge on any atom is -0.489 e. The molecular weight excluding hydrogens is 326 g/mol. The van der Waals surface area contributed by atoms with Crippen LogP contribution in [-0.4, -0.2) is 37.3 Å². The molecule has 0 aromatic heterocycles. The zero-order valence-corrected chi connectivity index (χ0v) is 14.6. The zero-order valence-electron chi connectivity index (χ0n) is 13.8. The van der Waals surface area contributed by atoms with E-state index in [1.807, 2.05) is 30.3 Å². The Hall–Kier alpha value is -2.47. The van der Waals surface area contributed by atoms with Gasteiger partial charge in [-0.1, -0.05) is 30.3 Å². The lowest BCUT2D eigenvalue weighted by atomic mass is 10.2. The van der Waals surface area contributed by atoms with Crippen molar-refractivity contribution in [2.75, 3.05) is 21.2 Å². The van der Waals surface area contributed by atoms with E-state index in [1.165, 1.54) is 12.0 Å². The Kier molecular flexibility index (Phi) is 6.26. The predicted octanol–water partition coefficient (Wildman–Crippen LogP) is 3.83. The van der Waals surface area contributed by atoms with Crippen LogP contribution < -0.4 is 4.74 Å². The molecule has 1 amide bonds. The quantitative estimate of drug-likeness (QED) is 0.609. The third kappa shape index (κ3) is 4.76. The second-order valence-corrected chi connectivity index (χ2v) is 6.18. The lowest BCUT2D eigenvalue weighted by Gasteiger charge is -2.13. The highest BCUT2D eigenvalue weighted by Gasteiger charge is 2.17. The van der Waals surface area contributed by atoms with E-state index >= 15 is 0 Å². The Balaban J connectivity index is 2.21. The molecule has 0 unspecified atom stereocenters. The van der Waals surface area contributed by atoms with Crippen molar-refractivity contribution in [3.05, 3.63) is 59.7 Å². The van der Waals surface area contributed by atoms with Gasteiger partial charge in [-0.25, -0.2) is 4.79 Å². The highest BCUT2D eigenvalue weighted by Crippen LogP contribution is 2.30. The number of amides is 1. The molecule has 2 rings (SSSR count). The molecule has 0 aliphatic heterocycles. The van der Waals surface area contributed by atoms with E-state index < -0.39 is 5.97 Å². The second-order valence-electron chi connectivity index (χ2n) is 5.19. The van der Waals surface area contributed by atoms with Crippen LogP contribution in [0.15, 0.2) is 53.4 Å². The Bertz CT molecular complexity index is 716. The average Bonchev–Trinajstić information content (AvgIpc) is 2.60. The summed E-state index contributed by atoms with van der Waals surface area (Å²) in [5.74, 6) is 0.0965.